The Labute approximate surface area is 235 Å². The molecule has 0 radical (unpaired) electrons. The molecule has 17 heteroatoms. The molecule has 208 valence electrons. The third kappa shape index (κ3) is 5.73. The van der Waals surface area contributed by atoms with Gasteiger partial charge in [0.1, 0.15) is 10.9 Å². The smallest absolute Gasteiger partial charge is 0.323 e. The van der Waals surface area contributed by atoms with Crippen molar-refractivity contribution in [1.29, 1.82) is 0 Å². The van der Waals surface area contributed by atoms with E-state index in [1.54, 1.807) is 18.2 Å². The van der Waals surface area contributed by atoms with Gasteiger partial charge in [-0.05, 0) is 40.5 Å². The highest BCUT2D eigenvalue weighted by Gasteiger charge is 2.23. The molecular formula is C23H16BrClF5N9O. The Morgan fingerprint density at radius 2 is 1.80 bits per heavy atom. The minimum atomic E-state index is -2.99. The third-order valence-electron chi connectivity index (χ3n) is 5.77. The molecule has 1 aromatic carbocycles. The Morgan fingerprint density at radius 1 is 0.975 bits per heavy atom. The van der Waals surface area contributed by atoms with E-state index in [1.807, 2.05) is 0 Å². The number of nitrogens with zero attached hydrogens (tertiary/aromatic N) is 9. The predicted molar refractivity (Wildman–Crippen MR) is 134 cm³/mol. The van der Waals surface area contributed by atoms with Crippen molar-refractivity contribution < 1.29 is 26.7 Å². The normalized spacial score (nSPS) is 12.5. The largest absolute Gasteiger partial charge is 0.345 e. The van der Waals surface area contributed by atoms with Crippen molar-refractivity contribution in [3.8, 4) is 28.2 Å². The number of hydrogen-bond acceptors (Lipinski definition) is 7. The summed E-state index contributed by atoms with van der Waals surface area (Å²) in [4.78, 5) is 8.29. The third-order valence-corrected chi connectivity index (χ3v) is 6.43. The zero-order valence-electron chi connectivity index (χ0n) is 19.9. The molecule has 0 N–H and O–H groups in total. The zero-order valence-corrected chi connectivity index (χ0v) is 22.3. The first-order chi connectivity index (χ1) is 19.2. The Hall–Kier alpha value is -3.76. The maximum absolute atomic E-state index is 15.2. The van der Waals surface area contributed by atoms with E-state index < -0.39 is 25.0 Å². The first-order valence-electron chi connectivity index (χ1n) is 11.4. The maximum Gasteiger partial charge on any atom is 0.345 e. The van der Waals surface area contributed by atoms with Crippen molar-refractivity contribution >= 4 is 27.5 Å². The molecule has 0 spiro atoms. The molecule has 1 unspecified atom stereocenters. The first kappa shape index (κ1) is 27.8. The second-order valence-corrected chi connectivity index (χ2v) is 9.38. The van der Waals surface area contributed by atoms with Gasteiger partial charge in [-0.3, -0.25) is 9.67 Å². The van der Waals surface area contributed by atoms with E-state index in [0.717, 1.165) is 6.33 Å². The molecule has 0 fully saturated rings. The van der Waals surface area contributed by atoms with Gasteiger partial charge in [0.2, 0.25) is 0 Å². The second kappa shape index (κ2) is 11.8. The number of benzene rings is 1. The highest BCUT2D eigenvalue weighted by molar-refractivity contribution is 9.10. The Balaban J connectivity index is 1.50. The summed E-state index contributed by atoms with van der Waals surface area (Å²) in [6.07, 6.45) is 6.62. The molecule has 40 heavy (non-hydrogen) atoms. The maximum atomic E-state index is 15.2. The molecule has 5 aromatic rings. The van der Waals surface area contributed by atoms with Gasteiger partial charge < -0.3 is 4.74 Å². The average molecular weight is 645 g/mol. The van der Waals surface area contributed by atoms with Crippen LogP contribution in [0.15, 0.2) is 60.0 Å². The average Bonchev–Trinajstić information content (AvgIpc) is 3.69. The van der Waals surface area contributed by atoms with Crippen LogP contribution in [0.1, 0.15) is 24.7 Å². The fourth-order valence-electron chi connectivity index (χ4n) is 4.03. The first-order valence-corrected chi connectivity index (χ1v) is 12.5. The second-order valence-electron chi connectivity index (χ2n) is 8.16. The van der Waals surface area contributed by atoms with Gasteiger partial charge in [-0.25, -0.2) is 14.1 Å². The number of aromatic nitrogens is 9. The number of ether oxygens (including phenoxy) is 1. The monoisotopic (exact) mass is 643 g/mol. The number of rotatable bonds is 10. The summed E-state index contributed by atoms with van der Waals surface area (Å²) in [5.41, 5.74) is 1.38. The van der Waals surface area contributed by atoms with E-state index in [1.165, 1.54) is 40.2 Å². The van der Waals surface area contributed by atoms with Crippen LogP contribution in [0, 0.1) is 5.82 Å². The van der Waals surface area contributed by atoms with Crippen molar-refractivity contribution in [2.45, 2.75) is 25.6 Å². The number of pyridine rings is 1. The SMILES string of the molecule is Fc1c(Cl)ccc(-n2cc(Br)nn2)c1-c1ccc(C(CCOC(F)F)n2cc(-c3ncnn3C(F)F)cn2)nc1. The molecule has 1 atom stereocenters. The van der Waals surface area contributed by atoms with Gasteiger partial charge in [-0.15, -0.1) is 5.10 Å². The van der Waals surface area contributed by atoms with Crippen LogP contribution in [0.25, 0.3) is 28.2 Å². The molecule has 0 saturated carbocycles. The fourth-order valence-corrected chi connectivity index (χ4v) is 4.45. The Kier molecular flexibility index (Phi) is 8.18. The van der Waals surface area contributed by atoms with Crippen molar-refractivity contribution in [2.75, 3.05) is 6.61 Å². The van der Waals surface area contributed by atoms with E-state index in [2.05, 4.69) is 51.1 Å². The Bertz CT molecular complexity index is 1610. The lowest BCUT2D eigenvalue weighted by Gasteiger charge is -2.18. The molecule has 4 heterocycles. The molecule has 0 saturated heterocycles. The van der Waals surface area contributed by atoms with Crippen molar-refractivity contribution in [1.82, 2.24) is 44.5 Å². The summed E-state index contributed by atoms with van der Waals surface area (Å²) in [7, 11) is 0. The highest BCUT2D eigenvalue weighted by Crippen LogP contribution is 2.34. The molecule has 0 amide bonds. The quantitative estimate of drug-likeness (QED) is 0.173. The zero-order chi connectivity index (χ0) is 28.4. The molecule has 4 aromatic heterocycles. The lowest BCUT2D eigenvalue weighted by atomic mass is 10.0. The number of hydrogen-bond donors (Lipinski definition) is 0. The van der Waals surface area contributed by atoms with Crippen molar-refractivity contribution in [3.63, 3.8) is 0 Å². The predicted octanol–water partition coefficient (Wildman–Crippen LogP) is 5.95. The van der Waals surface area contributed by atoms with Gasteiger partial charge in [-0.2, -0.15) is 32.4 Å². The van der Waals surface area contributed by atoms with E-state index in [0.29, 0.717) is 26.2 Å². The lowest BCUT2D eigenvalue weighted by Crippen LogP contribution is -2.16. The molecule has 0 bridgehead atoms. The summed E-state index contributed by atoms with van der Waals surface area (Å²) in [5.74, 6) is -0.835. The van der Waals surface area contributed by atoms with E-state index >= 15 is 4.39 Å². The minimum absolute atomic E-state index is 0.00308. The van der Waals surface area contributed by atoms with Crippen LogP contribution in [0.4, 0.5) is 22.0 Å². The van der Waals surface area contributed by atoms with Gasteiger partial charge in [0.25, 0.3) is 0 Å². The van der Waals surface area contributed by atoms with Gasteiger partial charge >= 0.3 is 13.2 Å². The summed E-state index contributed by atoms with van der Waals surface area (Å²) in [6.45, 7) is -6.28. The van der Waals surface area contributed by atoms with Gasteiger partial charge in [-0.1, -0.05) is 22.9 Å². The molecule has 0 aliphatic carbocycles. The number of alkyl halides is 4. The van der Waals surface area contributed by atoms with Crippen LogP contribution in [0.2, 0.25) is 5.02 Å². The van der Waals surface area contributed by atoms with Gasteiger partial charge in [0.15, 0.2) is 11.6 Å². The molecule has 5 rings (SSSR count). The van der Waals surface area contributed by atoms with Crippen LogP contribution < -0.4 is 0 Å². The molecule has 10 nitrogen and oxygen atoms in total. The summed E-state index contributed by atoms with van der Waals surface area (Å²) < 4.78 is 75.2. The van der Waals surface area contributed by atoms with Gasteiger partial charge in [0.05, 0.1) is 47.0 Å². The van der Waals surface area contributed by atoms with E-state index in [4.69, 9.17) is 11.6 Å². The van der Waals surface area contributed by atoms with E-state index in [9.17, 15) is 17.6 Å². The van der Waals surface area contributed by atoms with Crippen LogP contribution in [-0.4, -0.2) is 57.7 Å². The summed E-state index contributed by atoms with van der Waals surface area (Å²) in [6, 6.07) is 5.34. The van der Waals surface area contributed by atoms with Crippen LogP contribution in [0.3, 0.4) is 0 Å². The topological polar surface area (TPSA) is 101 Å². The lowest BCUT2D eigenvalue weighted by molar-refractivity contribution is -0.130. The van der Waals surface area contributed by atoms with Crippen LogP contribution in [0.5, 0.6) is 0 Å². The molecule has 0 aliphatic rings. The van der Waals surface area contributed by atoms with Crippen LogP contribution in [-0.2, 0) is 4.74 Å². The highest BCUT2D eigenvalue weighted by atomic mass is 79.9. The van der Waals surface area contributed by atoms with E-state index in [-0.39, 0.29) is 35.0 Å². The summed E-state index contributed by atoms with van der Waals surface area (Å²) >= 11 is 9.26. The summed E-state index contributed by atoms with van der Waals surface area (Å²) in [5, 5.41) is 15.4. The number of halogens is 7. The van der Waals surface area contributed by atoms with Crippen molar-refractivity contribution in [2.24, 2.45) is 0 Å². The molecule has 0 aliphatic heterocycles. The Morgan fingerprint density at radius 3 is 2.48 bits per heavy atom. The van der Waals surface area contributed by atoms with Crippen LogP contribution >= 0.6 is 27.5 Å². The standard InChI is InChI=1S/C23H16BrClF5N9O/c24-18-10-38(36-35-18)17-4-2-14(25)20(26)19(17)12-1-3-15(31-7-12)16(5-6-40-23(29)30)37-9-13(8-33-37)21-32-11-34-39(21)22(27)28/h1-4,7-11,16,22-23H,5-6H2. The fraction of sp³-hybridized carbons (Fsp3) is 0.217. The van der Waals surface area contributed by atoms with Gasteiger partial charge in [0, 0.05) is 23.5 Å². The minimum Gasteiger partial charge on any atom is -0.323 e. The van der Waals surface area contributed by atoms with Crippen molar-refractivity contribution in [3.05, 3.63) is 76.5 Å². The molecular weight excluding hydrogens is 629 g/mol.